The van der Waals surface area contributed by atoms with E-state index in [1.54, 1.807) is 48.5 Å². The number of carbonyl (C=O) groups excluding carboxylic acids is 1. The van der Waals surface area contributed by atoms with E-state index in [0.29, 0.717) is 37.5 Å². The third-order valence-electron chi connectivity index (χ3n) is 5.95. The van der Waals surface area contributed by atoms with Crippen LogP contribution in [0, 0.1) is 0 Å². The molecule has 11 heteroatoms. The Balaban J connectivity index is 1.46. The van der Waals surface area contributed by atoms with Crippen LogP contribution in [0.4, 0.5) is 5.69 Å². The minimum atomic E-state index is -0.399. The van der Waals surface area contributed by atoms with Gasteiger partial charge >= 0.3 is 0 Å². The molecule has 0 saturated carbocycles. The minimum absolute atomic E-state index is 0.164. The highest BCUT2D eigenvalue weighted by molar-refractivity contribution is 9.10. The number of methoxy groups -OCH3 is 1. The average molecular weight is 652 g/mol. The van der Waals surface area contributed by atoms with Crippen LogP contribution in [0.3, 0.4) is 0 Å². The third kappa shape index (κ3) is 6.27. The topological polar surface area (TPSA) is 94.8 Å². The van der Waals surface area contributed by atoms with E-state index in [9.17, 15) is 9.59 Å². The van der Waals surface area contributed by atoms with Crippen molar-refractivity contribution in [2.24, 2.45) is 5.10 Å². The molecule has 0 radical (unpaired) electrons. The summed E-state index contributed by atoms with van der Waals surface area (Å²) in [6.07, 6.45) is 1.47. The molecule has 0 saturated heterocycles. The van der Waals surface area contributed by atoms with Gasteiger partial charge in [-0.15, -0.1) is 0 Å². The molecule has 1 N–H and O–H groups in total. The summed E-state index contributed by atoms with van der Waals surface area (Å²) in [6, 6.07) is 24.7. The fourth-order valence-corrected chi connectivity index (χ4v) is 4.76. The van der Waals surface area contributed by atoms with Crippen LogP contribution in [0.2, 0.25) is 10.0 Å². The molecular formula is C30H21BrCl2N4O4. The van der Waals surface area contributed by atoms with Gasteiger partial charge in [0.2, 0.25) is 0 Å². The molecule has 5 rings (SSSR count). The standard InChI is InChI=1S/C30H21BrCl2N4O4/c1-40-24-15-19(26(31)27(33)28(24)41-17-25(38)35-21-13-11-20(32)12-14-21)16-34-37-29(18-7-3-2-4-8-18)36-23-10-6-5-9-22(23)30(37)39/h2-16H,17H2,1H3,(H,35,38). The van der Waals surface area contributed by atoms with Crippen molar-refractivity contribution in [3.8, 4) is 22.9 Å². The number of anilines is 1. The van der Waals surface area contributed by atoms with Crippen molar-refractivity contribution in [3.63, 3.8) is 0 Å². The third-order valence-corrected chi connectivity index (χ3v) is 7.64. The van der Waals surface area contributed by atoms with Crippen molar-refractivity contribution in [1.82, 2.24) is 9.66 Å². The highest BCUT2D eigenvalue weighted by Crippen LogP contribution is 2.42. The molecule has 0 aliphatic heterocycles. The van der Waals surface area contributed by atoms with Crippen LogP contribution in [0.1, 0.15) is 5.56 Å². The minimum Gasteiger partial charge on any atom is -0.493 e. The number of rotatable bonds is 8. The molecule has 4 aromatic carbocycles. The van der Waals surface area contributed by atoms with Crippen molar-refractivity contribution in [1.29, 1.82) is 0 Å². The molecule has 206 valence electrons. The Morgan fingerprint density at radius 2 is 1.76 bits per heavy atom. The Labute approximate surface area is 253 Å². The summed E-state index contributed by atoms with van der Waals surface area (Å²) in [6.45, 7) is -0.322. The molecule has 0 aliphatic rings. The van der Waals surface area contributed by atoms with E-state index in [2.05, 4.69) is 26.3 Å². The largest absolute Gasteiger partial charge is 0.493 e. The number of amides is 1. The number of benzene rings is 4. The summed E-state index contributed by atoms with van der Waals surface area (Å²) in [5.74, 6) is 0.417. The lowest BCUT2D eigenvalue weighted by molar-refractivity contribution is -0.118. The summed E-state index contributed by atoms with van der Waals surface area (Å²) in [5.41, 5.74) is 2.04. The first-order chi connectivity index (χ1) is 19.9. The SMILES string of the molecule is COc1cc(C=Nn2c(-c3ccccc3)nc3ccccc3c2=O)c(Br)c(Cl)c1OCC(=O)Nc1ccc(Cl)cc1. The number of nitrogens with one attached hydrogen (secondary N) is 1. The van der Waals surface area contributed by atoms with Crippen molar-refractivity contribution >= 4 is 67.8 Å². The highest BCUT2D eigenvalue weighted by atomic mass is 79.9. The predicted octanol–water partition coefficient (Wildman–Crippen LogP) is 7.04. The maximum Gasteiger partial charge on any atom is 0.282 e. The molecule has 1 heterocycles. The van der Waals surface area contributed by atoms with Crippen LogP contribution in [0.15, 0.2) is 99.3 Å². The first-order valence-corrected chi connectivity index (χ1v) is 13.8. The Kier molecular flexibility index (Phi) is 8.68. The molecule has 0 atom stereocenters. The lowest BCUT2D eigenvalue weighted by Crippen LogP contribution is -2.20. The van der Waals surface area contributed by atoms with Crippen LogP contribution in [-0.4, -0.2) is 35.5 Å². The fraction of sp³-hybridized carbons (Fsp3) is 0.0667. The molecule has 0 bridgehead atoms. The summed E-state index contributed by atoms with van der Waals surface area (Å²) >= 11 is 16.0. The van der Waals surface area contributed by atoms with Gasteiger partial charge in [-0.2, -0.15) is 9.78 Å². The van der Waals surface area contributed by atoms with Crippen molar-refractivity contribution < 1.29 is 14.3 Å². The van der Waals surface area contributed by atoms with E-state index in [0.717, 1.165) is 5.56 Å². The highest BCUT2D eigenvalue weighted by Gasteiger charge is 2.19. The zero-order valence-corrected chi connectivity index (χ0v) is 24.6. The van der Waals surface area contributed by atoms with Crippen molar-refractivity contribution in [2.45, 2.75) is 0 Å². The van der Waals surface area contributed by atoms with Gasteiger partial charge in [-0.25, -0.2) is 4.98 Å². The normalized spacial score (nSPS) is 11.1. The molecule has 41 heavy (non-hydrogen) atoms. The number of carbonyl (C=O) groups is 1. The van der Waals surface area contributed by atoms with Gasteiger partial charge in [0.1, 0.15) is 5.02 Å². The van der Waals surface area contributed by atoms with Gasteiger partial charge in [0.05, 0.1) is 24.2 Å². The smallest absolute Gasteiger partial charge is 0.282 e. The Morgan fingerprint density at radius 3 is 2.49 bits per heavy atom. The average Bonchev–Trinajstić information content (AvgIpc) is 2.99. The molecule has 8 nitrogen and oxygen atoms in total. The van der Waals surface area contributed by atoms with E-state index in [1.807, 2.05) is 36.4 Å². The Hall–Kier alpha value is -4.18. The Morgan fingerprint density at radius 1 is 1.05 bits per heavy atom. The summed E-state index contributed by atoms with van der Waals surface area (Å²) < 4.78 is 12.9. The van der Waals surface area contributed by atoms with Gasteiger partial charge in [-0.05, 0) is 58.4 Å². The lowest BCUT2D eigenvalue weighted by Gasteiger charge is -2.15. The number of ether oxygens (including phenoxy) is 2. The van der Waals surface area contributed by atoms with E-state index < -0.39 is 5.91 Å². The van der Waals surface area contributed by atoms with Crippen LogP contribution < -0.4 is 20.3 Å². The second-order valence-electron chi connectivity index (χ2n) is 8.65. The summed E-state index contributed by atoms with van der Waals surface area (Å²) in [7, 11) is 1.45. The zero-order valence-electron chi connectivity index (χ0n) is 21.5. The van der Waals surface area contributed by atoms with Crippen LogP contribution >= 0.6 is 39.1 Å². The molecule has 0 spiro atoms. The predicted molar refractivity (Wildman–Crippen MR) is 166 cm³/mol. The molecular weight excluding hydrogens is 631 g/mol. The zero-order chi connectivity index (χ0) is 28.9. The fourth-order valence-electron chi connectivity index (χ4n) is 3.98. The molecule has 5 aromatic rings. The van der Waals surface area contributed by atoms with E-state index in [-0.39, 0.29) is 28.7 Å². The van der Waals surface area contributed by atoms with Gasteiger partial charge in [0, 0.05) is 26.3 Å². The van der Waals surface area contributed by atoms with E-state index >= 15 is 0 Å². The monoisotopic (exact) mass is 650 g/mol. The number of fused-ring (bicyclic) bond motifs is 1. The number of hydrogen-bond donors (Lipinski definition) is 1. The maximum absolute atomic E-state index is 13.5. The number of hydrogen-bond acceptors (Lipinski definition) is 6. The second-order valence-corrected chi connectivity index (χ2v) is 10.3. The molecule has 0 unspecified atom stereocenters. The molecule has 1 aromatic heterocycles. The summed E-state index contributed by atoms with van der Waals surface area (Å²) in [5, 5.41) is 8.37. The molecule has 0 aliphatic carbocycles. The van der Waals surface area contributed by atoms with Gasteiger partial charge in [0.15, 0.2) is 23.9 Å². The quantitative estimate of drug-likeness (QED) is 0.182. The van der Waals surface area contributed by atoms with Gasteiger partial charge in [0.25, 0.3) is 11.5 Å². The van der Waals surface area contributed by atoms with Crippen LogP contribution in [0.5, 0.6) is 11.5 Å². The van der Waals surface area contributed by atoms with Gasteiger partial charge in [-0.3, -0.25) is 9.59 Å². The van der Waals surface area contributed by atoms with Crippen LogP contribution in [0.25, 0.3) is 22.3 Å². The van der Waals surface area contributed by atoms with Gasteiger partial charge < -0.3 is 14.8 Å². The maximum atomic E-state index is 13.5. The molecule has 0 fully saturated rings. The first kappa shape index (κ1) is 28.4. The molecule has 1 amide bonds. The van der Waals surface area contributed by atoms with E-state index in [1.165, 1.54) is 18.0 Å². The lowest BCUT2D eigenvalue weighted by atomic mass is 10.2. The van der Waals surface area contributed by atoms with Crippen molar-refractivity contribution in [3.05, 3.63) is 115 Å². The van der Waals surface area contributed by atoms with Crippen LogP contribution in [-0.2, 0) is 4.79 Å². The number of halogens is 3. The second kappa shape index (κ2) is 12.6. The van der Waals surface area contributed by atoms with Crippen molar-refractivity contribution in [2.75, 3.05) is 19.0 Å². The number of aromatic nitrogens is 2. The number of nitrogens with zero attached hydrogens (tertiary/aromatic N) is 3. The van der Waals surface area contributed by atoms with Gasteiger partial charge in [-0.1, -0.05) is 65.7 Å². The first-order valence-electron chi connectivity index (χ1n) is 12.2. The number of para-hydroxylation sites is 1. The summed E-state index contributed by atoms with van der Waals surface area (Å²) in [4.78, 5) is 30.6. The van der Waals surface area contributed by atoms with E-state index in [4.69, 9.17) is 37.7 Å². The Bertz CT molecular complexity index is 1830.